The zero-order valence-electron chi connectivity index (χ0n) is 21.7. The zero-order chi connectivity index (χ0) is 26.7. The molecule has 0 fully saturated rings. The number of rotatable bonds is 13. The van der Waals surface area contributed by atoms with Gasteiger partial charge in [0.2, 0.25) is 23.1 Å². The maximum atomic E-state index is 13.2. The third-order valence-electron chi connectivity index (χ3n) is 5.96. The van der Waals surface area contributed by atoms with E-state index in [4.69, 9.17) is 18.9 Å². The summed E-state index contributed by atoms with van der Waals surface area (Å²) in [6.07, 6.45) is 6.26. The Morgan fingerprint density at radius 1 is 0.611 bits per heavy atom. The molecule has 0 aliphatic heterocycles. The van der Waals surface area contributed by atoms with Crippen LogP contribution in [0.25, 0.3) is 0 Å². The SMILES string of the molecule is CCCCC#CCCCC1=C(OC)C(=O)C(CCCC2=C(OC)C(=O)C=C(OC)C2=O)=C(OC)C1=O. The lowest BCUT2D eigenvalue weighted by Crippen LogP contribution is -2.26. The van der Waals surface area contributed by atoms with Crippen LogP contribution in [-0.2, 0) is 38.1 Å². The van der Waals surface area contributed by atoms with Crippen molar-refractivity contribution in [3.8, 4) is 11.8 Å². The van der Waals surface area contributed by atoms with Crippen molar-refractivity contribution < 1.29 is 38.1 Å². The molecule has 8 heteroatoms. The van der Waals surface area contributed by atoms with Crippen LogP contribution in [0.3, 0.4) is 0 Å². The Balaban J connectivity index is 2.15. The molecule has 0 saturated heterocycles. The van der Waals surface area contributed by atoms with E-state index in [1.165, 1.54) is 28.4 Å². The summed E-state index contributed by atoms with van der Waals surface area (Å²) >= 11 is 0. The largest absolute Gasteiger partial charge is 0.493 e. The van der Waals surface area contributed by atoms with Gasteiger partial charge in [0.1, 0.15) is 0 Å². The molecule has 36 heavy (non-hydrogen) atoms. The predicted octanol–water partition coefficient (Wildman–Crippen LogP) is 4.06. The Morgan fingerprint density at radius 3 is 1.56 bits per heavy atom. The Labute approximate surface area is 212 Å². The van der Waals surface area contributed by atoms with Crippen molar-refractivity contribution in [2.24, 2.45) is 0 Å². The quantitative estimate of drug-likeness (QED) is 0.213. The molecule has 0 aromatic carbocycles. The van der Waals surface area contributed by atoms with Gasteiger partial charge in [-0.1, -0.05) is 13.3 Å². The molecule has 0 aromatic heterocycles. The number of Topliss-reactive ketones (excluding diaryl/α,β-unsaturated/α-hetero) is 3. The monoisotopic (exact) mass is 498 g/mol. The molecule has 2 aliphatic rings. The van der Waals surface area contributed by atoms with E-state index in [0.717, 1.165) is 25.3 Å². The maximum absolute atomic E-state index is 13.2. The van der Waals surface area contributed by atoms with Gasteiger partial charge in [-0.25, -0.2) is 0 Å². The van der Waals surface area contributed by atoms with Gasteiger partial charge in [-0.15, -0.1) is 11.8 Å². The minimum atomic E-state index is -0.464. The normalized spacial score (nSPS) is 16.2. The summed E-state index contributed by atoms with van der Waals surface area (Å²) in [5.41, 5.74) is 0.629. The van der Waals surface area contributed by atoms with E-state index in [2.05, 4.69) is 18.8 Å². The number of ether oxygens (including phenoxy) is 4. The van der Waals surface area contributed by atoms with E-state index in [1.807, 2.05) is 0 Å². The van der Waals surface area contributed by atoms with Crippen molar-refractivity contribution in [2.75, 3.05) is 28.4 Å². The summed E-state index contributed by atoms with van der Waals surface area (Å²) in [7, 11) is 5.33. The molecule has 2 rings (SSSR count). The van der Waals surface area contributed by atoms with Crippen LogP contribution in [0.5, 0.6) is 0 Å². The molecule has 0 N–H and O–H groups in total. The highest BCUT2D eigenvalue weighted by molar-refractivity contribution is 6.23. The molecular formula is C28H34O8. The van der Waals surface area contributed by atoms with Gasteiger partial charge < -0.3 is 18.9 Å². The van der Waals surface area contributed by atoms with Crippen LogP contribution < -0.4 is 0 Å². The van der Waals surface area contributed by atoms with Crippen molar-refractivity contribution >= 4 is 23.1 Å². The molecule has 0 aromatic rings. The lowest BCUT2D eigenvalue weighted by Gasteiger charge is -2.22. The summed E-state index contributed by atoms with van der Waals surface area (Å²) in [4.78, 5) is 51.3. The Kier molecular flexibility index (Phi) is 11.2. The van der Waals surface area contributed by atoms with Crippen molar-refractivity contribution in [2.45, 2.75) is 64.7 Å². The number of methoxy groups -OCH3 is 4. The average molecular weight is 499 g/mol. The van der Waals surface area contributed by atoms with Crippen LogP contribution >= 0.6 is 0 Å². The molecule has 0 amide bonds. The molecule has 0 heterocycles. The highest BCUT2D eigenvalue weighted by Gasteiger charge is 2.36. The van der Waals surface area contributed by atoms with E-state index >= 15 is 0 Å². The number of carbonyl (C=O) groups excluding carboxylic acids is 4. The van der Waals surface area contributed by atoms with E-state index in [1.54, 1.807) is 0 Å². The average Bonchev–Trinajstić information content (AvgIpc) is 2.87. The van der Waals surface area contributed by atoms with E-state index in [9.17, 15) is 19.2 Å². The topological polar surface area (TPSA) is 105 Å². The molecule has 0 bridgehead atoms. The van der Waals surface area contributed by atoms with Crippen LogP contribution in [0.4, 0.5) is 0 Å². The van der Waals surface area contributed by atoms with Gasteiger partial charge in [-0.05, 0) is 38.5 Å². The second-order valence-corrected chi connectivity index (χ2v) is 8.26. The van der Waals surface area contributed by atoms with Crippen molar-refractivity contribution in [1.29, 1.82) is 0 Å². The van der Waals surface area contributed by atoms with Crippen LogP contribution in [0, 0.1) is 11.8 Å². The number of unbranched alkanes of at least 4 members (excludes halogenated alkanes) is 3. The van der Waals surface area contributed by atoms with Crippen molar-refractivity contribution in [3.05, 3.63) is 45.8 Å². The van der Waals surface area contributed by atoms with Gasteiger partial charge in [0.05, 0.1) is 28.4 Å². The maximum Gasteiger partial charge on any atom is 0.227 e. The van der Waals surface area contributed by atoms with Crippen LogP contribution in [0.15, 0.2) is 45.8 Å². The summed E-state index contributed by atoms with van der Waals surface area (Å²) in [5, 5.41) is 0. The van der Waals surface area contributed by atoms with Gasteiger partial charge in [0, 0.05) is 35.6 Å². The van der Waals surface area contributed by atoms with Gasteiger partial charge in [0.25, 0.3) is 0 Å². The zero-order valence-corrected chi connectivity index (χ0v) is 21.7. The molecule has 8 nitrogen and oxygen atoms in total. The summed E-state index contributed by atoms with van der Waals surface area (Å²) in [6, 6.07) is 0. The molecule has 0 saturated carbocycles. The fourth-order valence-corrected chi connectivity index (χ4v) is 4.13. The summed E-state index contributed by atoms with van der Waals surface area (Å²) in [5.74, 6) is 4.39. The van der Waals surface area contributed by atoms with E-state index in [0.29, 0.717) is 25.7 Å². The molecule has 2 aliphatic carbocycles. The molecular weight excluding hydrogens is 464 g/mol. The second-order valence-electron chi connectivity index (χ2n) is 8.26. The molecule has 0 spiro atoms. The number of ketones is 4. The first-order valence-corrected chi connectivity index (χ1v) is 12.1. The molecule has 0 radical (unpaired) electrons. The number of hydrogen-bond donors (Lipinski definition) is 0. The highest BCUT2D eigenvalue weighted by Crippen LogP contribution is 2.32. The highest BCUT2D eigenvalue weighted by atomic mass is 16.5. The first-order chi connectivity index (χ1) is 17.4. The Bertz CT molecular complexity index is 1090. The van der Waals surface area contributed by atoms with Gasteiger partial charge in [-0.2, -0.15) is 0 Å². The molecule has 0 unspecified atom stereocenters. The van der Waals surface area contributed by atoms with Crippen LogP contribution in [0.1, 0.15) is 64.7 Å². The minimum absolute atomic E-state index is 0.0139. The number of hydrogen-bond acceptors (Lipinski definition) is 8. The minimum Gasteiger partial charge on any atom is -0.493 e. The molecule has 194 valence electrons. The van der Waals surface area contributed by atoms with Crippen LogP contribution in [0.2, 0.25) is 0 Å². The van der Waals surface area contributed by atoms with Crippen molar-refractivity contribution in [3.63, 3.8) is 0 Å². The first-order valence-electron chi connectivity index (χ1n) is 12.1. The number of carbonyl (C=O) groups is 4. The van der Waals surface area contributed by atoms with E-state index in [-0.39, 0.29) is 58.4 Å². The fourth-order valence-electron chi connectivity index (χ4n) is 4.13. The lowest BCUT2D eigenvalue weighted by molar-refractivity contribution is -0.121. The smallest absolute Gasteiger partial charge is 0.227 e. The van der Waals surface area contributed by atoms with Gasteiger partial charge in [0.15, 0.2) is 23.0 Å². The van der Waals surface area contributed by atoms with Crippen molar-refractivity contribution in [1.82, 2.24) is 0 Å². The van der Waals surface area contributed by atoms with Crippen LogP contribution in [-0.4, -0.2) is 51.6 Å². The van der Waals surface area contributed by atoms with Gasteiger partial charge in [-0.3, -0.25) is 19.2 Å². The van der Waals surface area contributed by atoms with E-state index < -0.39 is 17.3 Å². The predicted molar refractivity (Wildman–Crippen MR) is 132 cm³/mol. The number of allylic oxidation sites excluding steroid dienone is 4. The summed E-state index contributed by atoms with van der Waals surface area (Å²) in [6.45, 7) is 2.11. The Hall–Kier alpha value is -3.60. The first kappa shape index (κ1) is 28.6. The third kappa shape index (κ3) is 6.54. The summed E-state index contributed by atoms with van der Waals surface area (Å²) < 4.78 is 20.8. The second kappa shape index (κ2) is 14.1. The molecule has 0 atom stereocenters. The lowest BCUT2D eigenvalue weighted by atomic mass is 9.87. The standard InChI is InChI=1S/C28H34O8/c1-6-7-8-9-10-11-12-14-19-24(31)28(36-5)20(25(32)27(19)35-4)16-13-15-18-23(30)22(33-2)17-21(29)26(18)34-3/h17H,6-8,11-16H2,1-5H3. The Morgan fingerprint density at radius 2 is 1.08 bits per heavy atom. The third-order valence-corrected chi connectivity index (χ3v) is 5.96. The fraction of sp³-hybridized carbons (Fsp3) is 0.500. The van der Waals surface area contributed by atoms with Gasteiger partial charge >= 0.3 is 0 Å².